The zero-order valence-electron chi connectivity index (χ0n) is 12.7. The first-order valence-electron chi connectivity index (χ1n) is 7.28. The Morgan fingerprint density at radius 2 is 1.86 bits per heavy atom. The molecular weight excluding hydrogens is 288 g/mol. The Morgan fingerprint density at radius 1 is 1.24 bits per heavy atom. The van der Waals surface area contributed by atoms with E-state index in [1.165, 1.54) is 18.4 Å². The molecule has 6 heteroatoms. The van der Waals surface area contributed by atoms with Crippen LogP contribution in [0.4, 0.5) is 5.69 Å². The minimum atomic E-state index is -3.47. The first-order valence-corrected chi connectivity index (χ1v) is 8.72. The number of hydrogen-bond donors (Lipinski definition) is 2. The fourth-order valence-corrected chi connectivity index (χ4v) is 3.89. The number of para-hydroxylation sites is 1. The van der Waals surface area contributed by atoms with E-state index in [2.05, 4.69) is 5.32 Å². The lowest BCUT2D eigenvalue weighted by atomic mass is 9.87. The lowest BCUT2D eigenvalue weighted by Gasteiger charge is -2.28. The number of rotatable bonds is 6. The molecule has 1 fully saturated rings. The van der Waals surface area contributed by atoms with E-state index < -0.39 is 10.0 Å². The molecule has 5 nitrogen and oxygen atoms in total. The van der Waals surface area contributed by atoms with Crippen LogP contribution in [0.2, 0.25) is 0 Å². The van der Waals surface area contributed by atoms with Gasteiger partial charge in [0.15, 0.2) is 0 Å². The lowest BCUT2D eigenvalue weighted by molar-refractivity contribution is 0.142. The van der Waals surface area contributed by atoms with Crippen molar-refractivity contribution in [1.82, 2.24) is 4.31 Å². The number of aliphatic hydroxyl groups is 1. The molecule has 1 saturated carbocycles. The van der Waals surface area contributed by atoms with Crippen LogP contribution in [-0.2, 0) is 10.0 Å². The Hall–Kier alpha value is -1.11. The summed E-state index contributed by atoms with van der Waals surface area (Å²) < 4.78 is 25.9. The summed E-state index contributed by atoms with van der Waals surface area (Å²) in [5.41, 5.74) is 0.487. The Bertz CT molecular complexity index is 578. The van der Waals surface area contributed by atoms with Gasteiger partial charge in [0.1, 0.15) is 4.90 Å². The quantitative estimate of drug-likeness (QED) is 0.842. The maximum Gasteiger partial charge on any atom is 0.244 e. The SMILES string of the molecule is CN(C)S(=O)(=O)c1ccccc1NCC1(CO)CCCC1. The van der Waals surface area contributed by atoms with Crippen molar-refractivity contribution in [3.8, 4) is 0 Å². The molecule has 0 aromatic heterocycles. The highest BCUT2D eigenvalue weighted by Gasteiger charge is 2.33. The molecular formula is C15H24N2O3S. The van der Waals surface area contributed by atoms with Crippen molar-refractivity contribution in [2.75, 3.05) is 32.6 Å². The van der Waals surface area contributed by atoms with Crippen LogP contribution in [-0.4, -0.2) is 45.1 Å². The van der Waals surface area contributed by atoms with E-state index in [0.717, 1.165) is 25.7 Å². The van der Waals surface area contributed by atoms with Crippen LogP contribution >= 0.6 is 0 Å². The van der Waals surface area contributed by atoms with Gasteiger partial charge in [-0.3, -0.25) is 0 Å². The summed E-state index contributed by atoms with van der Waals surface area (Å²) in [4.78, 5) is 0.279. The van der Waals surface area contributed by atoms with Gasteiger partial charge in [-0.05, 0) is 25.0 Å². The van der Waals surface area contributed by atoms with Gasteiger partial charge in [-0.2, -0.15) is 0 Å². The monoisotopic (exact) mass is 312 g/mol. The van der Waals surface area contributed by atoms with E-state index in [0.29, 0.717) is 12.2 Å². The van der Waals surface area contributed by atoms with E-state index in [1.807, 2.05) is 6.07 Å². The first-order chi connectivity index (χ1) is 9.91. The van der Waals surface area contributed by atoms with Crippen molar-refractivity contribution < 1.29 is 13.5 Å². The van der Waals surface area contributed by atoms with Crippen molar-refractivity contribution >= 4 is 15.7 Å². The van der Waals surface area contributed by atoms with E-state index >= 15 is 0 Å². The van der Waals surface area contributed by atoms with Crippen LogP contribution in [0.5, 0.6) is 0 Å². The highest BCUT2D eigenvalue weighted by molar-refractivity contribution is 7.89. The molecule has 0 radical (unpaired) electrons. The molecule has 1 aromatic rings. The van der Waals surface area contributed by atoms with Crippen molar-refractivity contribution in [1.29, 1.82) is 0 Å². The molecule has 2 rings (SSSR count). The largest absolute Gasteiger partial charge is 0.396 e. The average molecular weight is 312 g/mol. The highest BCUT2D eigenvalue weighted by Crippen LogP contribution is 2.38. The third-order valence-electron chi connectivity index (χ3n) is 4.30. The van der Waals surface area contributed by atoms with Crippen molar-refractivity contribution in [2.24, 2.45) is 5.41 Å². The summed E-state index contributed by atoms with van der Waals surface area (Å²) in [6, 6.07) is 6.92. The summed E-state index contributed by atoms with van der Waals surface area (Å²) >= 11 is 0. The number of nitrogens with one attached hydrogen (secondary N) is 1. The van der Waals surface area contributed by atoms with Crippen molar-refractivity contribution in [3.63, 3.8) is 0 Å². The summed E-state index contributed by atoms with van der Waals surface area (Å²) in [7, 11) is -0.419. The molecule has 2 N–H and O–H groups in total. The minimum absolute atomic E-state index is 0.116. The van der Waals surface area contributed by atoms with E-state index in [1.54, 1.807) is 18.2 Å². The summed E-state index contributed by atoms with van der Waals surface area (Å²) in [5.74, 6) is 0. The smallest absolute Gasteiger partial charge is 0.244 e. The van der Waals surface area contributed by atoms with Gasteiger partial charge in [-0.25, -0.2) is 12.7 Å². The van der Waals surface area contributed by atoms with Crippen LogP contribution in [0, 0.1) is 5.41 Å². The van der Waals surface area contributed by atoms with Crippen LogP contribution in [0.3, 0.4) is 0 Å². The Kier molecular flexibility index (Phi) is 4.91. The zero-order valence-corrected chi connectivity index (χ0v) is 13.5. The maximum absolute atomic E-state index is 12.3. The van der Waals surface area contributed by atoms with Crippen LogP contribution < -0.4 is 5.32 Å². The van der Waals surface area contributed by atoms with Gasteiger partial charge in [-0.1, -0.05) is 25.0 Å². The second-order valence-electron chi connectivity index (χ2n) is 6.00. The van der Waals surface area contributed by atoms with Gasteiger partial charge in [-0.15, -0.1) is 0 Å². The second kappa shape index (κ2) is 6.34. The Morgan fingerprint density at radius 3 is 2.43 bits per heavy atom. The fraction of sp³-hybridized carbons (Fsp3) is 0.600. The second-order valence-corrected chi connectivity index (χ2v) is 8.12. The number of anilines is 1. The molecule has 0 aliphatic heterocycles. The van der Waals surface area contributed by atoms with E-state index in [4.69, 9.17) is 0 Å². The molecule has 1 aliphatic rings. The third kappa shape index (κ3) is 3.39. The molecule has 1 aromatic carbocycles. The van der Waals surface area contributed by atoms with Gasteiger partial charge in [0.05, 0.1) is 12.3 Å². The molecule has 0 atom stereocenters. The van der Waals surface area contributed by atoms with Gasteiger partial charge in [0.25, 0.3) is 0 Å². The lowest BCUT2D eigenvalue weighted by Crippen LogP contribution is -2.31. The molecule has 21 heavy (non-hydrogen) atoms. The molecule has 0 heterocycles. The number of sulfonamides is 1. The standard InChI is InChI=1S/C15H24N2O3S/c1-17(2)21(19,20)14-8-4-3-7-13(14)16-11-15(12-18)9-5-6-10-15/h3-4,7-8,16,18H,5-6,9-12H2,1-2H3. The molecule has 0 spiro atoms. The summed E-state index contributed by atoms with van der Waals surface area (Å²) in [6.45, 7) is 0.742. The molecule has 1 aliphatic carbocycles. The number of nitrogens with zero attached hydrogens (tertiary/aromatic N) is 1. The van der Waals surface area contributed by atoms with Crippen LogP contribution in [0.1, 0.15) is 25.7 Å². The number of aliphatic hydroxyl groups excluding tert-OH is 1. The van der Waals surface area contributed by atoms with E-state index in [-0.39, 0.29) is 16.9 Å². The Balaban J connectivity index is 2.22. The zero-order chi connectivity index (χ0) is 15.5. The summed E-state index contributed by atoms with van der Waals surface area (Å²) in [5, 5.41) is 12.9. The predicted molar refractivity (Wildman–Crippen MR) is 83.8 cm³/mol. The predicted octanol–water partition coefficient (Wildman–Crippen LogP) is 1.90. The van der Waals surface area contributed by atoms with Crippen LogP contribution in [0.25, 0.3) is 0 Å². The van der Waals surface area contributed by atoms with Crippen molar-refractivity contribution in [2.45, 2.75) is 30.6 Å². The number of benzene rings is 1. The topological polar surface area (TPSA) is 69.6 Å². The van der Waals surface area contributed by atoms with Crippen molar-refractivity contribution in [3.05, 3.63) is 24.3 Å². The van der Waals surface area contributed by atoms with Gasteiger partial charge in [0.2, 0.25) is 10.0 Å². The number of hydrogen-bond acceptors (Lipinski definition) is 4. The average Bonchev–Trinajstić information content (AvgIpc) is 2.95. The highest BCUT2D eigenvalue weighted by atomic mass is 32.2. The molecule has 0 unspecified atom stereocenters. The minimum Gasteiger partial charge on any atom is -0.396 e. The fourth-order valence-electron chi connectivity index (χ4n) is 2.83. The molecule has 118 valence electrons. The van der Waals surface area contributed by atoms with Gasteiger partial charge in [0, 0.05) is 26.1 Å². The maximum atomic E-state index is 12.3. The molecule has 0 amide bonds. The third-order valence-corrected chi connectivity index (χ3v) is 6.17. The summed E-state index contributed by atoms with van der Waals surface area (Å²) in [6.07, 6.45) is 4.22. The normalized spacial score (nSPS) is 18.1. The van der Waals surface area contributed by atoms with Crippen LogP contribution in [0.15, 0.2) is 29.2 Å². The van der Waals surface area contributed by atoms with E-state index in [9.17, 15) is 13.5 Å². The Labute approximate surface area is 127 Å². The molecule has 0 saturated heterocycles. The van der Waals surface area contributed by atoms with Gasteiger partial charge >= 0.3 is 0 Å². The van der Waals surface area contributed by atoms with Gasteiger partial charge < -0.3 is 10.4 Å². The molecule has 0 bridgehead atoms. The first kappa shape index (κ1) is 16.3.